The molecule has 5 heterocycles. The number of halogens is 3. The predicted octanol–water partition coefficient (Wildman–Crippen LogP) is 3.13. The highest BCUT2D eigenvalue weighted by atomic mass is 32.2. The van der Waals surface area contributed by atoms with Gasteiger partial charge in [0.05, 0.1) is 47.5 Å². The van der Waals surface area contributed by atoms with Crippen molar-refractivity contribution in [2.45, 2.75) is 41.7 Å². The third-order valence-corrected chi connectivity index (χ3v) is 7.62. The van der Waals surface area contributed by atoms with Gasteiger partial charge in [-0.25, -0.2) is 4.52 Å². The van der Waals surface area contributed by atoms with Gasteiger partial charge in [-0.05, 0) is 49.6 Å². The summed E-state index contributed by atoms with van der Waals surface area (Å²) in [5.41, 5.74) is -3.72. The van der Waals surface area contributed by atoms with Crippen molar-refractivity contribution < 1.29 is 22.7 Å². The summed E-state index contributed by atoms with van der Waals surface area (Å²) in [6.45, 7) is 5.49. The Kier molecular flexibility index (Phi) is 7.30. The van der Waals surface area contributed by atoms with Gasteiger partial charge in [-0.2, -0.15) is 23.4 Å². The maximum absolute atomic E-state index is 13.4. The first-order valence-electron chi connectivity index (χ1n) is 12.2. The standard InChI is InChI=1S/C25H28F3N7O2S/c1-24(15-37-16-24)34-11-8-18(9-12-34)31-21-7-3-6-20-22(38-25(26,27)28)19(32-35(20)21)5-4-10-29-23(36)17-13-30-33(2)14-17/h3,6-7,13-14,18,31H,8-12,15-16H2,1-2H3,(H,29,36). The number of aryl methyl sites for hydroxylation is 1. The van der Waals surface area contributed by atoms with E-state index >= 15 is 0 Å². The molecular weight excluding hydrogens is 519 g/mol. The van der Waals surface area contributed by atoms with E-state index in [1.54, 1.807) is 31.4 Å². The SMILES string of the molecule is Cn1cc(C(=O)NCC#Cc2nn3c(NC4CCN(C5(C)COC5)CC4)cccc3c2SC(F)(F)F)cn1. The summed E-state index contributed by atoms with van der Waals surface area (Å²) in [5.74, 6) is 5.68. The Morgan fingerprint density at radius 1 is 1.29 bits per heavy atom. The fraction of sp³-hybridized carbons (Fsp3) is 0.480. The molecule has 13 heteroatoms. The Morgan fingerprint density at radius 2 is 2.05 bits per heavy atom. The molecule has 0 bridgehead atoms. The third kappa shape index (κ3) is 5.77. The van der Waals surface area contributed by atoms with Gasteiger partial charge in [0.15, 0.2) is 0 Å². The predicted molar refractivity (Wildman–Crippen MR) is 137 cm³/mol. The van der Waals surface area contributed by atoms with Gasteiger partial charge in [-0.3, -0.25) is 14.4 Å². The Bertz CT molecular complexity index is 1380. The first kappa shape index (κ1) is 26.4. The summed E-state index contributed by atoms with van der Waals surface area (Å²) < 4.78 is 48.7. The van der Waals surface area contributed by atoms with Crippen molar-refractivity contribution in [1.29, 1.82) is 0 Å². The van der Waals surface area contributed by atoms with E-state index in [0.717, 1.165) is 39.1 Å². The minimum atomic E-state index is -4.51. The monoisotopic (exact) mass is 547 g/mol. The van der Waals surface area contributed by atoms with Crippen LogP contribution in [0.2, 0.25) is 0 Å². The Morgan fingerprint density at radius 3 is 2.68 bits per heavy atom. The molecule has 0 atom stereocenters. The number of aromatic nitrogens is 4. The van der Waals surface area contributed by atoms with Gasteiger partial charge in [0.2, 0.25) is 0 Å². The van der Waals surface area contributed by atoms with Crippen molar-refractivity contribution in [3.8, 4) is 11.8 Å². The van der Waals surface area contributed by atoms with Crippen molar-refractivity contribution in [2.24, 2.45) is 7.05 Å². The normalized spacial score (nSPS) is 18.0. The molecule has 0 saturated carbocycles. The average Bonchev–Trinajstić information content (AvgIpc) is 3.44. The lowest BCUT2D eigenvalue weighted by Gasteiger charge is -2.49. The maximum Gasteiger partial charge on any atom is 0.446 e. The molecule has 3 aromatic heterocycles. The van der Waals surface area contributed by atoms with Crippen LogP contribution in [0.25, 0.3) is 5.52 Å². The van der Waals surface area contributed by atoms with Crippen LogP contribution in [0.5, 0.6) is 0 Å². The first-order chi connectivity index (χ1) is 18.1. The Balaban J connectivity index is 1.32. The largest absolute Gasteiger partial charge is 0.446 e. The van der Waals surface area contributed by atoms with Crippen LogP contribution in [0, 0.1) is 11.8 Å². The molecule has 202 valence electrons. The molecule has 2 aliphatic rings. The fourth-order valence-corrected chi connectivity index (χ4v) is 5.38. The van der Waals surface area contributed by atoms with Crippen LogP contribution in [0.3, 0.4) is 0 Å². The molecule has 0 aromatic carbocycles. The van der Waals surface area contributed by atoms with E-state index < -0.39 is 5.51 Å². The number of hydrogen-bond acceptors (Lipinski definition) is 7. The highest BCUT2D eigenvalue weighted by molar-refractivity contribution is 8.00. The van der Waals surface area contributed by atoms with Crippen LogP contribution in [0.1, 0.15) is 35.8 Å². The number of nitrogens with zero attached hydrogens (tertiary/aromatic N) is 5. The molecule has 0 spiro atoms. The average molecular weight is 548 g/mol. The number of thioether (sulfide) groups is 1. The first-order valence-corrected chi connectivity index (χ1v) is 13.1. The zero-order chi connectivity index (χ0) is 26.9. The van der Waals surface area contributed by atoms with Crippen LogP contribution in [-0.2, 0) is 11.8 Å². The van der Waals surface area contributed by atoms with E-state index in [2.05, 4.69) is 44.5 Å². The Hall–Kier alpha value is -3.21. The van der Waals surface area contributed by atoms with Gasteiger partial charge in [0.1, 0.15) is 11.5 Å². The second kappa shape index (κ2) is 10.5. The van der Waals surface area contributed by atoms with Crippen molar-refractivity contribution in [3.05, 3.63) is 41.9 Å². The molecule has 9 nitrogen and oxygen atoms in total. The van der Waals surface area contributed by atoms with Crippen LogP contribution in [0.15, 0.2) is 35.5 Å². The number of ether oxygens (including phenoxy) is 1. The van der Waals surface area contributed by atoms with E-state index in [4.69, 9.17) is 4.74 Å². The third-order valence-electron chi connectivity index (χ3n) is 6.78. The summed E-state index contributed by atoms with van der Waals surface area (Å²) in [5, 5.41) is 14.5. The number of fused-ring (bicyclic) bond motifs is 1. The highest BCUT2D eigenvalue weighted by Crippen LogP contribution is 2.41. The molecule has 3 aromatic rings. The second-order valence-electron chi connectivity index (χ2n) is 9.72. The number of hydrogen-bond donors (Lipinski definition) is 2. The summed E-state index contributed by atoms with van der Waals surface area (Å²) in [6, 6.07) is 5.29. The smallest absolute Gasteiger partial charge is 0.377 e. The topological polar surface area (TPSA) is 88.7 Å². The van der Waals surface area contributed by atoms with Crippen LogP contribution >= 0.6 is 11.8 Å². The summed E-state index contributed by atoms with van der Waals surface area (Å²) in [6.07, 6.45) is 4.79. The number of likely N-dealkylation sites (tertiary alicyclic amines) is 1. The summed E-state index contributed by atoms with van der Waals surface area (Å²) in [4.78, 5) is 14.5. The van der Waals surface area contributed by atoms with Gasteiger partial charge >= 0.3 is 5.51 Å². The molecule has 2 N–H and O–H groups in total. The number of alkyl halides is 3. The van der Waals surface area contributed by atoms with Gasteiger partial charge in [-0.1, -0.05) is 12.0 Å². The molecule has 38 heavy (non-hydrogen) atoms. The summed E-state index contributed by atoms with van der Waals surface area (Å²) >= 11 is -0.236. The lowest BCUT2D eigenvalue weighted by Crippen LogP contribution is -2.62. The number of rotatable bonds is 6. The quantitative estimate of drug-likeness (QED) is 0.362. The minimum absolute atomic E-state index is 0.00456. The van der Waals surface area contributed by atoms with E-state index in [9.17, 15) is 18.0 Å². The van der Waals surface area contributed by atoms with Crippen LogP contribution in [0.4, 0.5) is 19.0 Å². The van der Waals surface area contributed by atoms with Crippen molar-refractivity contribution in [1.82, 2.24) is 29.6 Å². The zero-order valence-corrected chi connectivity index (χ0v) is 21.8. The maximum atomic E-state index is 13.4. The molecule has 1 amide bonds. The lowest BCUT2D eigenvalue weighted by molar-refractivity contribution is -0.135. The molecule has 2 fully saturated rings. The number of anilines is 1. The van der Waals surface area contributed by atoms with Crippen LogP contribution in [-0.4, -0.2) is 80.1 Å². The number of piperidine rings is 1. The van der Waals surface area contributed by atoms with Crippen LogP contribution < -0.4 is 10.6 Å². The van der Waals surface area contributed by atoms with E-state index in [-0.39, 0.29) is 46.4 Å². The van der Waals surface area contributed by atoms with Crippen molar-refractivity contribution in [2.75, 3.05) is 38.2 Å². The van der Waals surface area contributed by atoms with E-state index in [0.29, 0.717) is 16.9 Å². The van der Waals surface area contributed by atoms with E-state index in [1.807, 2.05) is 0 Å². The highest BCUT2D eigenvalue weighted by Gasteiger charge is 2.41. The zero-order valence-electron chi connectivity index (χ0n) is 21.0. The summed E-state index contributed by atoms with van der Waals surface area (Å²) in [7, 11) is 1.69. The van der Waals surface area contributed by atoms with Gasteiger partial charge in [-0.15, -0.1) is 0 Å². The van der Waals surface area contributed by atoms with Crippen molar-refractivity contribution in [3.63, 3.8) is 0 Å². The molecule has 0 aliphatic carbocycles. The van der Waals surface area contributed by atoms with Gasteiger partial charge in [0.25, 0.3) is 5.91 Å². The number of carbonyl (C=O) groups excluding carboxylic acids is 1. The lowest BCUT2D eigenvalue weighted by atomic mass is 9.93. The number of pyridine rings is 1. The Labute approximate surface area is 222 Å². The van der Waals surface area contributed by atoms with Gasteiger partial charge in [0, 0.05) is 32.4 Å². The molecule has 5 rings (SSSR count). The second-order valence-corrected chi connectivity index (χ2v) is 10.8. The molecule has 2 saturated heterocycles. The number of carbonyl (C=O) groups is 1. The molecule has 0 unspecified atom stereocenters. The minimum Gasteiger partial charge on any atom is -0.377 e. The molecular formula is C25H28F3N7O2S. The molecule has 0 radical (unpaired) electrons. The molecule has 2 aliphatic heterocycles. The van der Waals surface area contributed by atoms with E-state index in [1.165, 1.54) is 15.4 Å². The number of nitrogens with one attached hydrogen (secondary N) is 2. The van der Waals surface area contributed by atoms with Gasteiger partial charge < -0.3 is 15.4 Å². The van der Waals surface area contributed by atoms with Crippen molar-refractivity contribution >= 4 is 29.0 Å². The number of amides is 1. The fourth-order valence-electron chi connectivity index (χ4n) is 4.70.